The summed E-state index contributed by atoms with van der Waals surface area (Å²) >= 11 is 0. The molecule has 0 saturated carbocycles. The standard InChI is InChI=1S/C15H20N4/c1-18-10-7-17-15(18)6-9-19-8-5-12-3-2-4-14(16)13(12)11-19/h2-4,7,10H,5-6,8-9,11,16H2,1H3. The summed E-state index contributed by atoms with van der Waals surface area (Å²) in [6, 6.07) is 6.25. The Morgan fingerprint density at radius 1 is 1.37 bits per heavy atom. The minimum atomic E-state index is 0.930. The van der Waals surface area contributed by atoms with Crippen molar-refractivity contribution >= 4 is 5.69 Å². The molecule has 0 spiro atoms. The van der Waals surface area contributed by atoms with E-state index in [0.717, 1.165) is 44.0 Å². The van der Waals surface area contributed by atoms with Crippen LogP contribution in [-0.2, 0) is 26.4 Å². The first-order valence-electron chi connectivity index (χ1n) is 6.79. The first-order chi connectivity index (χ1) is 9.24. The van der Waals surface area contributed by atoms with E-state index in [0.29, 0.717) is 0 Å². The Bertz CT molecular complexity index is 573. The monoisotopic (exact) mass is 256 g/mol. The third-order valence-electron chi connectivity index (χ3n) is 3.96. The highest BCUT2D eigenvalue weighted by Crippen LogP contribution is 2.24. The maximum absolute atomic E-state index is 6.08. The number of nitrogens with zero attached hydrogens (tertiary/aromatic N) is 3. The van der Waals surface area contributed by atoms with Crippen LogP contribution in [0.5, 0.6) is 0 Å². The quantitative estimate of drug-likeness (QED) is 0.849. The Morgan fingerprint density at radius 2 is 2.26 bits per heavy atom. The van der Waals surface area contributed by atoms with Crippen molar-refractivity contribution in [3.63, 3.8) is 0 Å². The molecule has 0 unspecified atom stereocenters. The molecular weight excluding hydrogens is 236 g/mol. The number of aromatic nitrogens is 2. The molecule has 100 valence electrons. The van der Waals surface area contributed by atoms with Gasteiger partial charge in [0.25, 0.3) is 0 Å². The normalized spacial score (nSPS) is 15.4. The number of fused-ring (bicyclic) bond motifs is 1. The van der Waals surface area contributed by atoms with Crippen molar-refractivity contribution in [2.24, 2.45) is 7.05 Å². The molecule has 0 atom stereocenters. The number of nitrogen functional groups attached to an aromatic ring is 1. The summed E-state index contributed by atoms with van der Waals surface area (Å²) in [7, 11) is 2.05. The van der Waals surface area contributed by atoms with Crippen LogP contribution in [0.15, 0.2) is 30.6 Å². The van der Waals surface area contributed by atoms with Crippen molar-refractivity contribution in [3.8, 4) is 0 Å². The second kappa shape index (κ2) is 5.05. The van der Waals surface area contributed by atoms with Gasteiger partial charge in [-0.3, -0.25) is 4.90 Å². The van der Waals surface area contributed by atoms with Gasteiger partial charge in [-0.1, -0.05) is 12.1 Å². The zero-order valence-electron chi connectivity index (χ0n) is 11.3. The van der Waals surface area contributed by atoms with E-state index in [9.17, 15) is 0 Å². The largest absolute Gasteiger partial charge is 0.398 e. The van der Waals surface area contributed by atoms with E-state index in [-0.39, 0.29) is 0 Å². The van der Waals surface area contributed by atoms with Gasteiger partial charge in [0.15, 0.2) is 0 Å². The SMILES string of the molecule is Cn1ccnc1CCN1CCc2cccc(N)c2C1. The molecule has 0 aliphatic carbocycles. The Balaban J connectivity index is 1.66. The van der Waals surface area contributed by atoms with Gasteiger partial charge in [-0.25, -0.2) is 4.98 Å². The highest BCUT2D eigenvalue weighted by atomic mass is 15.1. The van der Waals surface area contributed by atoms with Crippen molar-refractivity contribution in [1.82, 2.24) is 14.5 Å². The van der Waals surface area contributed by atoms with E-state index in [1.807, 2.05) is 25.5 Å². The Labute approximate surface area is 113 Å². The zero-order chi connectivity index (χ0) is 13.2. The highest BCUT2D eigenvalue weighted by molar-refractivity contribution is 5.51. The first kappa shape index (κ1) is 12.2. The molecule has 4 heteroatoms. The molecule has 0 bridgehead atoms. The van der Waals surface area contributed by atoms with Crippen molar-refractivity contribution in [1.29, 1.82) is 0 Å². The minimum Gasteiger partial charge on any atom is -0.398 e. The topological polar surface area (TPSA) is 47.1 Å². The molecule has 2 heterocycles. The van der Waals surface area contributed by atoms with Crippen LogP contribution in [0.2, 0.25) is 0 Å². The molecule has 2 N–H and O–H groups in total. The van der Waals surface area contributed by atoms with E-state index in [1.165, 1.54) is 11.1 Å². The van der Waals surface area contributed by atoms with Crippen LogP contribution < -0.4 is 5.73 Å². The molecule has 0 amide bonds. The van der Waals surface area contributed by atoms with E-state index < -0.39 is 0 Å². The lowest BCUT2D eigenvalue weighted by atomic mass is 9.98. The van der Waals surface area contributed by atoms with Crippen LogP contribution in [-0.4, -0.2) is 27.5 Å². The summed E-state index contributed by atoms with van der Waals surface area (Å²) in [5, 5.41) is 0. The Hall–Kier alpha value is -1.81. The molecule has 4 nitrogen and oxygen atoms in total. The van der Waals surface area contributed by atoms with Gasteiger partial charge in [-0.05, 0) is 23.6 Å². The summed E-state index contributed by atoms with van der Waals surface area (Å²) in [6.07, 6.45) is 5.95. The van der Waals surface area contributed by atoms with Crippen LogP contribution in [0.3, 0.4) is 0 Å². The molecule has 1 aliphatic rings. The Kier molecular flexibility index (Phi) is 3.25. The number of anilines is 1. The van der Waals surface area contributed by atoms with Crippen LogP contribution in [0.25, 0.3) is 0 Å². The van der Waals surface area contributed by atoms with Gasteiger partial charge in [0.05, 0.1) is 0 Å². The number of imidazole rings is 1. The Morgan fingerprint density at radius 3 is 3.05 bits per heavy atom. The van der Waals surface area contributed by atoms with Gasteiger partial charge >= 0.3 is 0 Å². The second-order valence-corrected chi connectivity index (χ2v) is 5.22. The van der Waals surface area contributed by atoms with Gasteiger partial charge < -0.3 is 10.3 Å². The van der Waals surface area contributed by atoms with Gasteiger partial charge in [-0.15, -0.1) is 0 Å². The fourth-order valence-electron chi connectivity index (χ4n) is 2.75. The minimum absolute atomic E-state index is 0.930. The zero-order valence-corrected chi connectivity index (χ0v) is 11.3. The summed E-state index contributed by atoms with van der Waals surface area (Å²) in [5.41, 5.74) is 9.73. The average molecular weight is 256 g/mol. The third-order valence-corrected chi connectivity index (χ3v) is 3.96. The van der Waals surface area contributed by atoms with Gasteiger partial charge in [0.2, 0.25) is 0 Å². The maximum Gasteiger partial charge on any atom is 0.109 e. The number of hydrogen-bond donors (Lipinski definition) is 1. The average Bonchev–Trinajstić information content (AvgIpc) is 2.83. The predicted molar refractivity (Wildman–Crippen MR) is 76.7 cm³/mol. The lowest BCUT2D eigenvalue weighted by Gasteiger charge is -2.29. The van der Waals surface area contributed by atoms with Crippen LogP contribution in [0.1, 0.15) is 17.0 Å². The highest BCUT2D eigenvalue weighted by Gasteiger charge is 2.17. The lowest BCUT2D eigenvalue weighted by molar-refractivity contribution is 0.255. The molecule has 0 radical (unpaired) electrons. The summed E-state index contributed by atoms with van der Waals surface area (Å²) in [4.78, 5) is 6.84. The van der Waals surface area contributed by atoms with Crippen molar-refractivity contribution < 1.29 is 0 Å². The van der Waals surface area contributed by atoms with Crippen LogP contribution in [0.4, 0.5) is 5.69 Å². The molecular formula is C15H20N4. The predicted octanol–water partition coefficient (Wildman–Crippen LogP) is 1.60. The van der Waals surface area contributed by atoms with Crippen molar-refractivity contribution in [3.05, 3.63) is 47.5 Å². The maximum atomic E-state index is 6.08. The smallest absolute Gasteiger partial charge is 0.109 e. The van der Waals surface area contributed by atoms with Crippen molar-refractivity contribution in [2.75, 3.05) is 18.8 Å². The molecule has 0 saturated heterocycles. The third kappa shape index (κ3) is 2.49. The van der Waals surface area contributed by atoms with Gasteiger partial charge in [0, 0.05) is 51.2 Å². The van der Waals surface area contributed by atoms with E-state index in [4.69, 9.17) is 5.73 Å². The number of rotatable bonds is 3. The summed E-state index contributed by atoms with van der Waals surface area (Å²) in [6.45, 7) is 3.12. The van der Waals surface area contributed by atoms with E-state index in [1.54, 1.807) is 0 Å². The first-order valence-corrected chi connectivity index (χ1v) is 6.79. The second-order valence-electron chi connectivity index (χ2n) is 5.22. The molecule has 1 aliphatic heterocycles. The number of hydrogen-bond acceptors (Lipinski definition) is 3. The number of aryl methyl sites for hydroxylation is 1. The molecule has 1 aromatic carbocycles. The van der Waals surface area contributed by atoms with E-state index >= 15 is 0 Å². The van der Waals surface area contributed by atoms with Crippen molar-refractivity contribution in [2.45, 2.75) is 19.4 Å². The molecule has 3 rings (SSSR count). The van der Waals surface area contributed by atoms with Crippen LogP contribution >= 0.6 is 0 Å². The summed E-state index contributed by atoms with van der Waals surface area (Å²) in [5.74, 6) is 1.15. The van der Waals surface area contributed by atoms with E-state index in [2.05, 4.69) is 26.6 Å². The number of benzene rings is 1. The number of nitrogens with two attached hydrogens (primary N) is 1. The fraction of sp³-hybridized carbons (Fsp3) is 0.400. The lowest BCUT2D eigenvalue weighted by Crippen LogP contribution is -2.33. The summed E-state index contributed by atoms with van der Waals surface area (Å²) < 4.78 is 2.09. The molecule has 19 heavy (non-hydrogen) atoms. The molecule has 2 aromatic rings. The van der Waals surface area contributed by atoms with Gasteiger partial charge in [0.1, 0.15) is 5.82 Å². The van der Waals surface area contributed by atoms with Gasteiger partial charge in [-0.2, -0.15) is 0 Å². The van der Waals surface area contributed by atoms with Crippen LogP contribution in [0, 0.1) is 0 Å². The molecule has 1 aromatic heterocycles. The fourth-order valence-corrected chi connectivity index (χ4v) is 2.75. The molecule has 0 fully saturated rings.